The maximum Gasteiger partial charge on any atom is 0.302 e. The lowest BCUT2D eigenvalue weighted by Crippen LogP contribution is -2.19. The largest absolute Gasteiger partial charge is 0.465 e. The smallest absolute Gasteiger partial charge is 0.302 e. The molecule has 0 saturated carbocycles. The third kappa shape index (κ3) is 12.7. The molecule has 3 rings (SSSR count). The molecule has 0 aromatic heterocycles. The van der Waals surface area contributed by atoms with Crippen LogP contribution in [0.15, 0.2) is 36.4 Å². The zero-order valence-corrected chi connectivity index (χ0v) is 25.3. The molecular weight excluding hydrogens is 568 g/mol. The summed E-state index contributed by atoms with van der Waals surface area (Å²) in [5.74, 6) is -1.10. The first-order valence-electron chi connectivity index (χ1n) is 13.5. The van der Waals surface area contributed by atoms with Gasteiger partial charge in [0.25, 0.3) is 10.1 Å². The Hall–Kier alpha value is -3.36. The van der Waals surface area contributed by atoms with E-state index in [-0.39, 0.29) is 43.5 Å². The van der Waals surface area contributed by atoms with Crippen molar-refractivity contribution >= 4 is 39.3 Å². The summed E-state index contributed by atoms with van der Waals surface area (Å²) in [5, 5.41) is 5.75. The number of nitrogens with one attached hydrogen (secondary N) is 2. The first kappa shape index (κ1) is 34.8. The highest BCUT2D eigenvalue weighted by Gasteiger charge is 2.30. The van der Waals surface area contributed by atoms with Crippen molar-refractivity contribution in [2.75, 3.05) is 63.6 Å². The lowest BCUT2D eigenvalue weighted by Gasteiger charge is -2.15. The molecule has 1 unspecified atom stereocenters. The van der Waals surface area contributed by atoms with E-state index in [0.717, 1.165) is 35.1 Å². The van der Waals surface area contributed by atoms with Gasteiger partial charge in [0.15, 0.2) is 0 Å². The van der Waals surface area contributed by atoms with Crippen molar-refractivity contribution < 1.29 is 46.3 Å². The number of esters is 1. The zero-order valence-electron chi connectivity index (χ0n) is 24.4. The number of hydrogen-bond donors (Lipinski definition) is 3. The Morgan fingerprint density at radius 2 is 1.33 bits per heavy atom. The van der Waals surface area contributed by atoms with E-state index < -0.39 is 10.1 Å². The van der Waals surface area contributed by atoms with Crippen molar-refractivity contribution in [3.63, 3.8) is 0 Å². The summed E-state index contributed by atoms with van der Waals surface area (Å²) < 4.78 is 47.0. The summed E-state index contributed by atoms with van der Waals surface area (Å²) in [4.78, 5) is 36.2. The van der Waals surface area contributed by atoms with Crippen molar-refractivity contribution in [1.29, 1.82) is 0 Å². The number of carbonyl (C=O) groups is 3. The van der Waals surface area contributed by atoms with Gasteiger partial charge in [0.05, 0.1) is 6.26 Å². The molecule has 0 radical (unpaired) electrons. The van der Waals surface area contributed by atoms with E-state index in [1.54, 1.807) is 7.11 Å². The molecule has 1 aliphatic rings. The summed E-state index contributed by atoms with van der Waals surface area (Å²) in [6, 6.07) is 11.4. The Morgan fingerprint density at radius 3 is 1.76 bits per heavy atom. The fourth-order valence-corrected chi connectivity index (χ4v) is 4.17. The molecule has 232 valence electrons. The third-order valence-corrected chi connectivity index (χ3v) is 5.91. The Balaban J connectivity index is 0.00000113. The normalized spacial score (nSPS) is 13.3. The van der Waals surface area contributed by atoms with Crippen LogP contribution < -0.4 is 10.6 Å². The second-order valence-corrected chi connectivity index (χ2v) is 11.1. The molecule has 0 fully saturated rings. The molecule has 13 heteroatoms. The van der Waals surface area contributed by atoms with Crippen LogP contribution in [0.1, 0.15) is 50.2 Å². The average Bonchev–Trinajstić information content (AvgIpc) is 3.20. The molecule has 0 spiro atoms. The van der Waals surface area contributed by atoms with Crippen LogP contribution in [-0.4, -0.2) is 83.8 Å². The van der Waals surface area contributed by atoms with Crippen molar-refractivity contribution in [1.82, 2.24) is 0 Å². The van der Waals surface area contributed by atoms with E-state index in [2.05, 4.69) is 17.6 Å². The van der Waals surface area contributed by atoms with Crippen molar-refractivity contribution in [3.8, 4) is 11.1 Å². The highest BCUT2D eigenvalue weighted by atomic mass is 32.2. The Bertz CT molecular complexity index is 1310. The van der Waals surface area contributed by atoms with Crippen LogP contribution in [0.4, 0.5) is 11.4 Å². The average molecular weight is 609 g/mol. The van der Waals surface area contributed by atoms with Gasteiger partial charge in [0.1, 0.15) is 19.8 Å². The fraction of sp³-hybridized carbons (Fsp3) is 0.483. The van der Waals surface area contributed by atoms with Crippen LogP contribution in [0.5, 0.6) is 0 Å². The van der Waals surface area contributed by atoms with Gasteiger partial charge in [-0.1, -0.05) is 25.5 Å². The maximum absolute atomic E-state index is 12.3. The van der Waals surface area contributed by atoms with Gasteiger partial charge >= 0.3 is 5.97 Å². The van der Waals surface area contributed by atoms with Gasteiger partial charge in [-0.25, -0.2) is 0 Å². The minimum Gasteiger partial charge on any atom is -0.465 e. The standard InChI is InChI=1S/C28H36N2O7.CH4O3S/c1-4-5-12-35-17-27(32)29-20-7-9-22-23-10-8-21(30-28(33)18-36-13-6-11-34-3)15-25(23)26(24(22)14-20)16-37-19(2)31;1-5(2,3)4/h7-10,14-15,26H,4-6,11-13,16-18H2,1-3H3,(H,29,32)(H,30,33);1H3,(H,2,3,4). The fourth-order valence-electron chi connectivity index (χ4n) is 4.17. The van der Waals surface area contributed by atoms with Gasteiger partial charge in [0.2, 0.25) is 11.8 Å². The SMILES string of the molecule is CCCCOCC(=O)Nc1ccc2c(c1)C(COC(C)=O)c1cc(NC(=O)COCCCOC)ccc1-2.CS(=O)(=O)O. The number of rotatable bonds is 15. The van der Waals surface area contributed by atoms with Crippen LogP contribution in [-0.2, 0) is 43.4 Å². The lowest BCUT2D eigenvalue weighted by molar-refractivity contribution is -0.141. The number of benzene rings is 2. The van der Waals surface area contributed by atoms with E-state index in [1.165, 1.54) is 6.92 Å². The molecular formula is C29H40N2O10S. The second-order valence-electron chi connectivity index (χ2n) is 9.59. The number of anilines is 2. The number of amides is 2. The second kappa shape index (κ2) is 17.6. The number of carbonyl (C=O) groups excluding carboxylic acids is 3. The Labute approximate surface area is 246 Å². The van der Waals surface area contributed by atoms with Gasteiger partial charge in [-0.05, 0) is 59.4 Å². The first-order valence-corrected chi connectivity index (χ1v) is 15.4. The maximum atomic E-state index is 12.3. The van der Waals surface area contributed by atoms with Crippen LogP contribution in [0.25, 0.3) is 11.1 Å². The third-order valence-electron chi connectivity index (χ3n) is 5.91. The number of methoxy groups -OCH3 is 1. The van der Waals surface area contributed by atoms with Crippen molar-refractivity contribution in [3.05, 3.63) is 47.5 Å². The molecule has 0 bridgehead atoms. The minimum atomic E-state index is -3.67. The number of hydrogen-bond acceptors (Lipinski definition) is 9. The number of unbranched alkanes of at least 4 members (excludes halogenated alkanes) is 1. The van der Waals surface area contributed by atoms with Gasteiger partial charge in [-0.15, -0.1) is 0 Å². The zero-order chi connectivity index (χ0) is 31.1. The predicted molar refractivity (Wildman–Crippen MR) is 158 cm³/mol. The van der Waals surface area contributed by atoms with Crippen LogP contribution >= 0.6 is 0 Å². The lowest BCUT2D eigenvalue weighted by atomic mass is 9.97. The molecule has 1 atom stereocenters. The van der Waals surface area contributed by atoms with Crippen molar-refractivity contribution in [2.24, 2.45) is 0 Å². The van der Waals surface area contributed by atoms with Crippen LogP contribution in [0.3, 0.4) is 0 Å². The molecule has 42 heavy (non-hydrogen) atoms. The topological polar surface area (TPSA) is 167 Å². The summed E-state index contributed by atoms with van der Waals surface area (Å²) in [5.41, 5.74) is 5.11. The molecule has 2 amide bonds. The van der Waals surface area contributed by atoms with Crippen LogP contribution in [0.2, 0.25) is 0 Å². The molecule has 2 aromatic carbocycles. The molecule has 0 saturated heterocycles. The van der Waals surface area contributed by atoms with E-state index in [4.69, 9.17) is 23.5 Å². The molecule has 2 aromatic rings. The van der Waals surface area contributed by atoms with Gasteiger partial charge in [-0.2, -0.15) is 8.42 Å². The summed E-state index contributed by atoms with van der Waals surface area (Å²) in [6.07, 6.45) is 3.34. The van der Waals surface area contributed by atoms with E-state index in [9.17, 15) is 22.8 Å². The van der Waals surface area contributed by atoms with Gasteiger partial charge < -0.3 is 29.6 Å². The summed E-state index contributed by atoms with van der Waals surface area (Å²) in [7, 11) is -2.05. The van der Waals surface area contributed by atoms with E-state index in [1.807, 2.05) is 36.4 Å². The first-order chi connectivity index (χ1) is 19.9. The molecule has 0 heterocycles. The molecule has 3 N–H and O–H groups in total. The Morgan fingerprint density at radius 1 is 0.857 bits per heavy atom. The molecule has 12 nitrogen and oxygen atoms in total. The quantitative estimate of drug-likeness (QED) is 0.154. The van der Waals surface area contributed by atoms with Gasteiger partial charge in [-0.3, -0.25) is 18.9 Å². The Kier molecular flexibility index (Phi) is 14.6. The summed E-state index contributed by atoms with van der Waals surface area (Å²) in [6.45, 7) is 5.09. The molecule has 1 aliphatic carbocycles. The predicted octanol–water partition coefficient (Wildman–Crippen LogP) is 3.61. The highest BCUT2D eigenvalue weighted by molar-refractivity contribution is 7.85. The van der Waals surface area contributed by atoms with Crippen molar-refractivity contribution in [2.45, 2.75) is 39.0 Å². The molecule has 0 aliphatic heterocycles. The van der Waals surface area contributed by atoms with Crippen LogP contribution in [0, 0.1) is 0 Å². The highest BCUT2D eigenvalue weighted by Crippen LogP contribution is 2.46. The minimum absolute atomic E-state index is 0.00661. The number of fused-ring (bicyclic) bond motifs is 3. The van der Waals surface area contributed by atoms with E-state index >= 15 is 0 Å². The summed E-state index contributed by atoms with van der Waals surface area (Å²) >= 11 is 0. The monoisotopic (exact) mass is 608 g/mol. The number of ether oxygens (including phenoxy) is 4. The van der Waals surface area contributed by atoms with E-state index in [0.29, 0.717) is 43.9 Å². The van der Waals surface area contributed by atoms with Gasteiger partial charge in [0, 0.05) is 51.1 Å².